The highest BCUT2D eigenvalue weighted by molar-refractivity contribution is 6.31. The highest BCUT2D eigenvalue weighted by atomic mass is 35.5. The van der Waals surface area contributed by atoms with E-state index in [9.17, 15) is 0 Å². The van der Waals surface area contributed by atoms with Crippen molar-refractivity contribution < 1.29 is 0 Å². The molecular weight excluding hydrogens is 244 g/mol. The molecule has 0 saturated carbocycles. The zero-order chi connectivity index (χ0) is 13.0. The van der Waals surface area contributed by atoms with Gasteiger partial charge in [0.1, 0.15) is 0 Å². The lowest BCUT2D eigenvalue weighted by molar-refractivity contribution is 0.727. The molecule has 0 unspecified atom stereocenters. The van der Waals surface area contributed by atoms with E-state index < -0.39 is 0 Å². The second-order valence-electron chi connectivity index (χ2n) is 4.28. The van der Waals surface area contributed by atoms with Gasteiger partial charge in [0, 0.05) is 24.0 Å². The molecule has 0 spiro atoms. The van der Waals surface area contributed by atoms with Crippen molar-refractivity contribution >= 4 is 11.6 Å². The summed E-state index contributed by atoms with van der Waals surface area (Å²) in [7, 11) is 0. The molecule has 2 nitrogen and oxygen atoms in total. The maximum absolute atomic E-state index is 6.31. The third kappa shape index (κ3) is 2.89. The van der Waals surface area contributed by atoms with E-state index in [1.807, 2.05) is 24.5 Å². The Labute approximate surface area is 113 Å². The number of benzene rings is 1. The van der Waals surface area contributed by atoms with Crippen molar-refractivity contribution in [3.8, 4) is 11.1 Å². The number of nitrogens with one attached hydrogen (secondary N) is 1. The van der Waals surface area contributed by atoms with Gasteiger partial charge in [0.2, 0.25) is 0 Å². The smallest absolute Gasteiger partial charge is 0.0457 e. The van der Waals surface area contributed by atoms with Gasteiger partial charge >= 0.3 is 0 Å². The predicted octanol–water partition coefficient (Wildman–Crippen LogP) is 3.82. The minimum Gasteiger partial charge on any atom is -0.313 e. The summed E-state index contributed by atoms with van der Waals surface area (Å²) in [4.78, 5) is 4.11. The Hall–Kier alpha value is -1.38. The van der Waals surface area contributed by atoms with Crippen molar-refractivity contribution in [2.45, 2.75) is 20.4 Å². The standard InChI is InChI=1S/C15H17ClN2/c1-3-17-10-13-5-4-12(8-15(13)16)14-6-7-18-9-11(14)2/h4-9,17H,3,10H2,1-2H3. The summed E-state index contributed by atoms with van der Waals surface area (Å²) in [6.07, 6.45) is 3.68. The second-order valence-corrected chi connectivity index (χ2v) is 4.68. The van der Waals surface area contributed by atoms with Crippen molar-refractivity contribution in [3.05, 3.63) is 52.8 Å². The number of hydrogen-bond donors (Lipinski definition) is 1. The maximum Gasteiger partial charge on any atom is 0.0457 e. The van der Waals surface area contributed by atoms with E-state index in [0.29, 0.717) is 0 Å². The van der Waals surface area contributed by atoms with Gasteiger partial charge < -0.3 is 5.32 Å². The fourth-order valence-corrected chi connectivity index (χ4v) is 2.16. The second kappa shape index (κ2) is 5.98. The first kappa shape index (κ1) is 13.1. The van der Waals surface area contributed by atoms with E-state index in [4.69, 9.17) is 11.6 Å². The average Bonchev–Trinajstić information content (AvgIpc) is 2.38. The average molecular weight is 261 g/mol. The summed E-state index contributed by atoms with van der Waals surface area (Å²) in [6, 6.07) is 8.24. The molecule has 0 aliphatic carbocycles. The first-order valence-electron chi connectivity index (χ1n) is 6.12. The molecule has 18 heavy (non-hydrogen) atoms. The van der Waals surface area contributed by atoms with Crippen LogP contribution in [0.1, 0.15) is 18.1 Å². The van der Waals surface area contributed by atoms with Crippen LogP contribution >= 0.6 is 11.6 Å². The lowest BCUT2D eigenvalue weighted by Crippen LogP contribution is -2.11. The monoisotopic (exact) mass is 260 g/mol. The number of nitrogens with zero attached hydrogens (tertiary/aromatic N) is 1. The van der Waals surface area contributed by atoms with Crippen LogP contribution in [0.2, 0.25) is 5.02 Å². The molecule has 3 heteroatoms. The number of aryl methyl sites for hydroxylation is 1. The molecule has 0 atom stereocenters. The molecule has 1 N–H and O–H groups in total. The van der Waals surface area contributed by atoms with Crippen molar-refractivity contribution in [3.63, 3.8) is 0 Å². The van der Waals surface area contributed by atoms with Gasteiger partial charge in [-0.05, 0) is 47.9 Å². The highest BCUT2D eigenvalue weighted by Crippen LogP contribution is 2.27. The van der Waals surface area contributed by atoms with Gasteiger partial charge in [0.15, 0.2) is 0 Å². The third-order valence-corrected chi connectivity index (χ3v) is 3.30. The molecule has 0 amide bonds. The molecular formula is C15H17ClN2. The number of hydrogen-bond acceptors (Lipinski definition) is 2. The molecule has 1 aromatic carbocycles. The molecule has 94 valence electrons. The van der Waals surface area contributed by atoms with Crippen LogP contribution in [-0.2, 0) is 6.54 Å². The van der Waals surface area contributed by atoms with Crippen LogP contribution in [0.15, 0.2) is 36.7 Å². The first-order valence-corrected chi connectivity index (χ1v) is 6.50. The normalized spacial score (nSPS) is 10.6. The van der Waals surface area contributed by atoms with Crippen LogP contribution in [0, 0.1) is 6.92 Å². The van der Waals surface area contributed by atoms with Crippen molar-refractivity contribution in [1.82, 2.24) is 10.3 Å². The number of aromatic nitrogens is 1. The van der Waals surface area contributed by atoms with Gasteiger partial charge in [-0.25, -0.2) is 0 Å². The van der Waals surface area contributed by atoms with Crippen LogP contribution in [0.4, 0.5) is 0 Å². The van der Waals surface area contributed by atoms with E-state index in [1.165, 1.54) is 5.56 Å². The third-order valence-electron chi connectivity index (χ3n) is 2.95. The Balaban J connectivity index is 2.32. The molecule has 1 aromatic heterocycles. The Morgan fingerprint density at radius 1 is 1.28 bits per heavy atom. The molecule has 0 bridgehead atoms. The molecule has 0 aliphatic rings. The van der Waals surface area contributed by atoms with Crippen LogP contribution in [0.3, 0.4) is 0 Å². The summed E-state index contributed by atoms with van der Waals surface area (Å²) in [5.74, 6) is 0. The van der Waals surface area contributed by atoms with E-state index in [2.05, 4.69) is 36.3 Å². The summed E-state index contributed by atoms with van der Waals surface area (Å²) < 4.78 is 0. The fourth-order valence-electron chi connectivity index (χ4n) is 1.92. The van der Waals surface area contributed by atoms with E-state index in [-0.39, 0.29) is 0 Å². The van der Waals surface area contributed by atoms with Gasteiger partial charge in [-0.3, -0.25) is 4.98 Å². The van der Waals surface area contributed by atoms with E-state index >= 15 is 0 Å². The fraction of sp³-hybridized carbons (Fsp3) is 0.267. The lowest BCUT2D eigenvalue weighted by Gasteiger charge is -2.09. The summed E-state index contributed by atoms with van der Waals surface area (Å²) >= 11 is 6.31. The SMILES string of the molecule is CCNCc1ccc(-c2ccncc2C)cc1Cl. The largest absolute Gasteiger partial charge is 0.313 e. The summed E-state index contributed by atoms with van der Waals surface area (Å²) in [6.45, 7) is 5.90. The molecule has 2 aromatic rings. The van der Waals surface area contributed by atoms with Gasteiger partial charge in [0.05, 0.1) is 0 Å². The Morgan fingerprint density at radius 3 is 2.78 bits per heavy atom. The van der Waals surface area contributed by atoms with Crippen LogP contribution in [-0.4, -0.2) is 11.5 Å². The Bertz CT molecular complexity index is 538. The molecule has 0 radical (unpaired) electrons. The van der Waals surface area contributed by atoms with Crippen molar-refractivity contribution in [2.24, 2.45) is 0 Å². The van der Waals surface area contributed by atoms with Crippen LogP contribution < -0.4 is 5.32 Å². The lowest BCUT2D eigenvalue weighted by atomic mass is 10.0. The van der Waals surface area contributed by atoms with E-state index in [1.54, 1.807) is 0 Å². The molecule has 0 fully saturated rings. The predicted molar refractivity (Wildman–Crippen MR) is 76.8 cm³/mol. The number of pyridine rings is 1. The van der Waals surface area contributed by atoms with Crippen LogP contribution in [0.5, 0.6) is 0 Å². The van der Waals surface area contributed by atoms with Gasteiger partial charge in [0.25, 0.3) is 0 Å². The maximum atomic E-state index is 6.31. The van der Waals surface area contributed by atoms with Gasteiger partial charge in [-0.1, -0.05) is 30.7 Å². The Morgan fingerprint density at radius 2 is 2.11 bits per heavy atom. The molecule has 2 rings (SSSR count). The minimum atomic E-state index is 0.810. The number of halogens is 1. The molecule has 0 saturated heterocycles. The molecule has 1 heterocycles. The first-order chi connectivity index (χ1) is 8.72. The summed E-state index contributed by atoms with van der Waals surface area (Å²) in [5, 5.41) is 4.09. The van der Waals surface area contributed by atoms with Crippen LogP contribution in [0.25, 0.3) is 11.1 Å². The van der Waals surface area contributed by atoms with E-state index in [0.717, 1.165) is 34.8 Å². The molecule has 0 aliphatic heterocycles. The summed E-state index contributed by atoms with van der Waals surface area (Å²) in [5.41, 5.74) is 4.61. The van der Waals surface area contributed by atoms with Crippen molar-refractivity contribution in [1.29, 1.82) is 0 Å². The zero-order valence-corrected chi connectivity index (χ0v) is 11.5. The van der Waals surface area contributed by atoms with Crippen molar-refractivity contribution in [2.75, 3.05) is 6.54 Å². The topological polar surface area (TPSA) is 24.9 Å². The zero-order valence-electron chi connectivity index (χ0n) is 10.7. The number of rotatable bonds is 4. The quantitative estimate of drug-likeness (QED) is 0.904. The van der Waals surface area contributed by atoms with Gasteiger partial charge in [-0.15, -0.1) is 0 Å². The highest BCUT2D eigenvalue weighted by Gasteiger charge is 2.05. The van der Waals surface area contributed by atoms with Gasteiger partial charge in [-0.2, -0.15) is 0 Å². The minimum absolute atomic E-state index is 0.810. The Kier molecular flexibility index (Phi) is 4.34.